The molecule has 0 saturated heterocycles. The number of halogens is 1. The van der Waals surface area contributed by atoms with Gasteiger partial charge in [-0.3, -0.25) is 9.78 Å². The van der Waals surface area contributed by atoms with Crippen LogP contribution in [0.15, 0.2) is 23.2 Å². The van der Waals surface area contributed by atoms with Gasteiger partial charge in [0, 0.05) is 49.8 Å². The fourth-order valence-corrected chi connectivity index (χ4v) is 7.58. The summed E-state index contributed by atoms with van der Waals surface area (Å²) in [5.74, 6) is -0.487. The molecule has 0 bridgehead atoms. The van der Waals surface area contributed by atoms with Crippen LogP contribution in [0.4, 0.5) is 4.39 Å². The average Bonchev–Trinajstić information content (AvgIpc) is 3.56. The van der Waals surface area contributed by atoms with Gasteiger partial charge in [0.25, 0.3) is 0 Å². The third kappa shape index (κ3) is 6.58. The van der Waals surface area contributed by atoms with E-state index in [0.29, 0.717) is 35.3 Å². The Morgan fingerprint density at radius 2 is 1.92 bits per heavy atom. The number of pyridine rings is 1. The number of benzene rings is 1. The number of carbonyl (C=O) groups is 1. The van der Waals surface area contributed by atoms with Crippen molar-refractivity contribution in [3.05, 3.63) is 35.2 Å². The number of fused-ring (bicyclic) bond motifs is 2. The van der Waals surface area contributed by atoms with E-state index >= 15 is 0 Å². The molecule has 0 aliphatic heterocycles. The quantitative estimate of drug-likeness (QED) is 0.168. The van der Waals surface area contributed by atoms with Crippen LogP contribution in [0.25, 0.3) is 10.8 Å². The van der Waals surface area contributed by atoms with Crippen molar-refractivity contribution in [3.63, 3.8) is 0 Å². The van der Waals surface area contributed by atoms with Gasteiger partial charge >= 0.3 is 5.97 Å². The maximum Gasteiger partial charge on any atom is 0.309 e. The van der Waals surface area contributed by atoms with Gasteiger partial charge in [-0.25, -0.2) is 12.8 Å². The first-order chi connectivity index (χ1) is 17.2. The van der Waals surface area contributed by atoms with Gasteiger partial charge in [-0.2, -0.15) is 4.31 Å². The smallest absolute Gasteiger partial charge is 0.309 e. The first kappa shape index (κ1) is 28.1. The molecular weight excluding hydrogens is 511 g/mol. The number of ether oxygens (including phenoxy) is 2. The molecule has 1 heterocycles. The van der Waals surface area contributed by atoms with Crippen molar-refractivity contribution < 1.29 is 27.1 Å². The Balaban J connectivity index is 1.81. The number of rotatable bonds is 11. The van der Waals surface area contributed by atoms with Crippen LogP contribution in [-0.4, -0.2) is 64.4 Å². The molecule has 1 unspecified atom stereocenters. The zero-order valence-electron chi connectivity index (χ0n) is 22.8. The standard InChI is InChI=1S/C27H39FN2O5SSi/c1-27(2,28)16-30(17-35-9-10-37(4,5)6)36(32,33)25-22-13-20(26(31)34-3)11-19(22)12-21-15-29-24(14-23(21)25)18-7-8-18/h12,14-15,18,20H,7-11,13,16-17H2,1-6H3. The number of hydrogen-bond donors (Lipinski definition) is 0. The van der Waals surface area contributed by atoms with E-state index in [2.05, 4.69) is 24.6 Å². The number of sulfonamides is 1. The molecule has 7 nitrogen and oxygen atoms in total. The van der Waals surface area contributed by atoms with Gasteiger partial charge in [-0.1, -0.05) is 19.6 Å². The van der Waals surface area contributed by atoms with E-state index in [9.17, 15) is 17.6 Å². The van der Waals surface area contributed by atoms with Gasteiger partial charge in [0.1, 0.15) is 12.4 Å². The van der Waals surface area contributed by atoms with Crippen molar-refractivity contribution in [2.45, 2.75) is 81.7 Å². The number of methoxy groups -OCH3 is 1. The predicted molar refractivity (Wildman–Crippen MR) is 145 cm³/mol. The molecule has 4 rings (SSSR count). The number of nitrogens with zero attached hydrogens (tertiary/aromatic N) is 2. The van der Waals surface area contributed by atoms with Crippen molar-refractivity contribution in [3.8, 4) is 0 Å². The molecule has 10 heteroatoms. The van der Waals surface area contributed by atoms with E-state index < -0.39 is 29.7 Å². The van der Waals surface area contributed by atoms with E-state index in [0.717, 1.165) is 34.4 Å². The number of esters is 1. The highest BCUT2D eigenvalue weighted by Crippen LogP contribution is 2.43. The minimum atomic E-state index is -4.18. The number of carbonyl (C=O) groups excluding carboxylic acids is 1. The monoisotopic (exact) mass is 550 g/mol. The lowest BCUT2D eigenvalue weighted by molar-refractivity contribution is -0.145. The Kier molecular flexibility index (Phi) is 7.87. The largest absolute Gasteiger partial charge is 0.469 e. The SMILES string of the molecule is COC(=O)C1Cc2cc3cnc(C4CC4)cc3c(S(=O)(=O)N(COCC[Si](C)(C)C)CC(C)(C)F)c2C1. The first-order valence-corrected chi connectivity index (χ1v) is 18.1. The zero-order valence-corrected chi connectivity index (χ0v) is 24.6. The van der Waals surface area contributed by atoms with Gasteiger partial charge in [0.15, 0.2) is 0 Å². The molecule has 2 aliphatic carbocycles. The average molecular weight is 551 g/mol. The summed E-state index contributed by atoms with van der Waals surface area (Å²) in [6.07, 6.45) is 4.44. The first-order valence-electron chi connectivity index (χ1n) is 13.0. The molecule has 1 aromatic heterocycles. The van der Waals surface area contributed by atoms with E-state index in [1.54, 1.807) is 6.20 Å². The summed E-state index contributed by atoms with van der Waals surface area (Å²) in [5, 5.41) is 1.27. The molecule has 0 spiro atoms. The highest BCUT2D eigenvalue weighted by atomic mass is 32.2. The molecule has 204 valence electrons. The number of aromatic nitrogens is 1. The van der Waals surface area contributed by atoms with Crippen molar-refractivity contribution in [2.75, 3.05) is 27.0 Å². The van der Waals surface area contributed by atoms with Crippen LogP contribution in [0.5, 0.6) is 0 Å². The van der Waals surface area contributed by atoms with E-state index in [1.807, 2.05) is 12.1 Å². The van der Waals surface area contributed by atoms with Gasteiger partial charge in [-0.15, -0.1) is 0 Å². The molecule has 0 radical (unpaired) electrons. The van der Waals surface area contributed by atoms with Gasteiger partial charge in [0.05, 0.1) is 17.9 Å². The molecule has 1 aromatic carbocycles. The minimum absolute atomic E-state index is 0.147. The highest BCUT2D eigenvalue weighted by Gasteiger charge is 2.39. The second kappa shape index (κ2) is 10.4. The lowest BCUT2D eigenvalue weighted by Gasteiger charge is -2.28. The molecular formula is C27H39FN2O5SSi. The van der Waals surface area contributed by atoms with Crippen LogP contribution in [0.2, 0.25) is 25.7 Å². The highest BCUT2D eigenvalue weighted by molar-refractivity contribution is 7.89. The molecule has 0 amide bonds. The Morgan fingerprint density at radius 1 is 1.22 bits per heavy atom. The van der Waals surface area contributed by atoms with Crippen molar-refractivity contribution >= 4 is 34.8 Å². The van der Waals surface area contributed by atoms with Crippen molar-refractivity contribution in [1.82, 2.24) is 9.29 Å². The molecule has 2 aromatic rings. The van der Waals surface area contributed by atoms with E-state index in [-0.39, 0.29) is 30.6 Å². The molecule has 1 saturated carbocycles. The lowest BCUT2D eigenvalue weighted by Crippen LogP contribution is -2.42. The summed E-state index contributed by atoms with van der Waals surface area (Å²) in [7, 11) is -4.23. The fraction of sp³-hybridized carbons (Fsp3) is 0.630. The summed E-state index contributed by atoms with van der Waals surface area (Å²) in [6, 6.07) is 4.68. The molecule has 37 heavy (non-hydrogen) atoms. The van der Waals surface area contributed by atoms with Crippen LogP contribution in [0.1, 0.15) is 49.4 Å². The lowest BCUT2D eigenvalue weighted by atomic mass is 10.0. The second-order valence-electron chi connectivity index (χ2n) is 12.3. The maximum absolute atomic E-state index is 14.9. The van der Waals surface area contributed by atoms with Crippen molar-refractivity contribution in [2.24, 2.45) is 5.92 Å². The van der Waals surface area contributed by atoms with Crippen LogP contribution in [0, 0.1) is 5.92 Å². The molecule has 1 atom stereocenters. The summed E-state index contributed by atoms with van der Waals surface area (Å²) in [5.41, 5.74) is 0.509. The zero-order chi connectivity index (χ0) is 27.2. The predicted octanol–water partition coefficient (Wildman–Crippen LogP) is 5.05. The third-order valence-corrected chi connectivity index (χ3v) is 10.6. The summed E-state index contributed by atoms with van der Waals surface area (Å²) < 4.78 is 55.6. The normalized spacial score (nSPS) is 18.4. The number of hydrogen-bond acceptors (Lipinski definition) is 6. The second-order valence-corrected chi connectivity index (χ2v) is 19.8. The third-order valence-electron chi connectivity index (χ3n) is 7.02. The van der Waals surface area contributed by atoms with Gasteiger partial charge in [0.2, 0.25) is 10.0 Å². The van der Waals surface area contributed by atoms with Crippen LogP contribution >= 0.6 is 0 Å². The number of alkyl halides is 1. The summed E-state index contributed by atoms with van der Waals surface area (Å²) in [6.45, 7) is 9.25. The van der Waals surface area contributed by atoms with Crippen molar-refractivity contribution in [1.29, 1.82) is 0 Å². The molecule has 1 fully saturated rings. The van der Waals surface area contributed by atoms with Crippen LogP contribution in [0.3, 0.4) is 0 Å². The van der Waals surface area contributed by atoms with Gasteiger partial charge in [-0.05, 0) is 68.8 Å². The van der Waals surface area contributed by atoms with Gasteiger partial charge < -0.3 is 9.47 Å². The fourth-order valence-electron chi connectivity index (χ4n) is 4.89. The Labute approximate surface area is 220 Å². The minimum Gasteiger partial charge on any atom is -0.469 e. The maximum atomic E-state index is 14.9. The van der Waals surface area contributed by atoms with Crippen LogP contribution in [-0.2, 0) is 37.1 Å². The Hall–Kier alpha value is -1.88. The van der Waals surface area contributed by atoms with Crippen LogP contribution < -0.4 is 0 Å². The topological polar surface area (TPSA) is 85.8 Å². The van der Waals surface area contributed by atoms with E-state index in [1.165, 1.54) is 21.0 Å². The Bertz CT molecular complexity index is 1280. The summed E-state index contributed by atoms with van der Waals surface area (Å²) >= 11 is 0. The van der Waals surface area contributed by atoms with E-state index in [4.69, 9.17) is 9.47 Å². The Morgan fingerprint density at radius 3 is 2.51 bits per heavy atom. The molecule has 0 N–H and O–H groups in total. The molecule has 2 aliphatic rings. The summed E-state index contributed by atoms with van der Waals surface area (Å²) in [4.78, 5) is 17.1.